The highest BCUT2D eigenvalue weighted by molar-refractivity contribution is 7.96. The van der Waals surface area contributed by atoms with Crippen molar-refractivity contribution < 1.29 is 27.3 Å². The molecule has 0 radical (unpaired) electrons. The highest BCUT2D eigenvalue weighted by Gasteiger charge is 2.23. The molecule has 0 aliphatic carbocycles. The van der Waals surface area contributed by atoms with E-state index in [0.29, 0.717) is 22.6 Å². The number of carboxylic acids is 1. The Labute approximate surface area is 224 Å². The van der Waals surface area contributed by atoms with Crippen molar-refractivity contribution in [1.29, 1.82) is 0 Å². The van der Waals surface area contributed by atoms with Crippen LogP contribution in [-0.4, -0.2) is 80.8 Å². The lowest BCUT2D eigenvalue weighted by Crippen LogP contribution is -2.32. The number of carbonyl (C=O) groups excluding carboxylic acids is 1. The summed E-state index contributed by atoms with van der Waals surface area (Å²) in [5, 5.41) is 19.5. The zero-order chi connectivity index (χ0) is 29.8. The van der Waals surface area contributed by atoms with Crippen LogP contribution in [0.1, 0.15) is 41.7 Å². The van der Waals surface area contributed by atoms with Crippen LogP contribution in [0.3, 0.4) is 0 Å². The van der Waals surface area contributed by atoms with Crippen LogP contribution in [0.5, 0.6) is 0 Å². The molecule has 0 aliphatic rings. The van der Waals surface area contributed by atoms with Crippen molar-refractivity contribution in [2.24, 2.45) is 16.0 Å². The predicted molar refractivity (Wildman–Crippen MR) is 152 cm³/mol. The van der Waals surface area contributed by atoms with Crippen LogP contribution in [0.25, 0.3) is 11.1 Å². The maximum absolute atomic E-state index is 12.1. The van der Waals surface area contributed by atoms with Gasteiger partial charge in [-0.3, -0.25) is 14.1 Å². The summed E-state index contributed by atoms with van der Waals surface area (Å²) in [4.78, 5) is 29.0. The molecule has 1 unspecified atom stereocenters. The number of carboxylic acid groups (broad SMARTS) is 1. The minimum absolute atomic E-state index is 0.114. The average Bonchev–Trinajstić information content (AvgIpc) is 3.30. The van der Waals surface area contributed by atoms with E-state index in [1.807, 2.05) is 20.8 Å². The van der Waals surface area contributed by atoms with Gasteiger partial charge < -0.3 is 15.7 Å². The number of aromatic nitrogens is 2. The van der Waals surface area contributed by atoms with Gasteiger partial charge in [0.15, 0.2) is 5.69 Å². The Bertz CT molecular complexity index is 1350. The van der Waals surface area contributed by atoms with Crippen molar-refractivity contribution in [3.63, 3.8) is 0 Å². The summed E-state index contributed by atoms with van der Waals surface area (Å²) >= 11 is 0. The average molecular weight is 572 g/mol. The standard InChI is InChI=1S/C14H17N5O5S.C7H14N2OS.C2H6/c1-18(7-5-15)13(20)11-3-2-9(8-17-11)10-4-6-19(25(16,23)24)12(10)14(21)22;1-7(2)5-6-9(3)11(4,8)10;1-2/h2-4,6,8H,5,7,15H2,1H3,(H,21,22)(H2,16,23,24);5-6H,1,4H2,2-3H3,(H2,8,10);1-2H3/b;6-5-;. The maximum Gasteiger partial charge on any atom is 0.354 e. The lowest BCUT2D eigenvalue weighted by molar-refractivity contribution is 0.0689. The number of carbonyl (C=O) groups is 2. The van der Waals surface area contributed by atoms with E-state index in [9.17, 15) is 27.3 Å². The largest absolute Gasteiger partial charge is 0.477 e. The number of pyridine rings is 1. The topological polar surface area (TPSA) is 208 Å². The summed E-state index contributed by atoms with van der Waals surface area (Å²) in [6.45, 7) is 10.2. The summed E-state index contributed by atoms with van der Waals surface area (Å²) in [6.07, 6.45) is 5.65. The Morgan fingerprint density at radius 2 is 1.74 bits per heavy atom. The Hall–Kier alpha value is -3.50. The molecule has 2 aromatic heterocycles. The van der Waals surface area contributed by atoms with E-state index in [0.717, 1.165) is 11.8 Å². The molecule has 15 heteroatoms. The van der Waals surface area contributed by atoms with Crippen molar-refractivity contribution in [2.75, 3.05) is 27.2 Å². The summed E-state index contributed by atoms with van der Waals surface area (Å²) in [5.74, 6) is 1.50. The van der Waals surface area contributed by atoms with Crippen LogP contribution >= 0.6 is 0 Å². The van der Waals surface area contributed by atoms with Gasteiger partial charge in [-0.15, -0.1) is 0 Å². The van der Waals surface area contributed by atoms with Gasteiger partial charge in [0.2, 0.25) is 0 Å². The molecule has 0 saturated heterocycles. The quantitative estimate of drug-likeness (QED) is 0.250. The Morgan fingerprint density at radius 3 is 2.13 bits per heavy atom. The number of likely N-dealkylation sites (N-methyl/N-ethyl adjacent to an activating group) is 1. The third-order valence-corrected chi connectivity index (χ3v) is 6.44. The van der Waals surface area contributed by atoms with E-state index in [-0.39, 0.29) is 17.2 Å². The molecule has 0 aliphatic heterocycles. The Morgan fingerprint density at radius 1 is 1.16 bits per heavy atom. The van der Waals surface area contributed by atoms with E-state index in [4.69, 9.17) is 16.0 Å². The van der Waals surface area contributed by atoms with Gasteiger partial charge in [-0.2, -0.15) is 8.42 Å². The molecule has 0 bridgehead atoms. The molecule has 2 heterocycles. The molecule has 212 valence electrons. The monoisotopic (exact) mass is 571 g/mol. The molecule has 0 spiro atoms. The summed E-state index contributed by atoms with van der Waals surface area (Å²) in [7, 11) is -3.67. The van der Waals surface area contributed by atoms with Gasteiger partial charge >= 0.3 is 16.2 Å². The van der Waals surface area contributed by atoms with Crippen LogP contribution in [0.15, 0.2) is 55.0 Å². The van der Waals surface area contributed by atoms with Crippen molar-refractivity contribution >= 4 is 37.9 Å². The van der Waals surface area contributed by atoms with Crippen LogP contribution in [0.4, 0.5) is 0 Å². The number of nitrogens with zero attached hydrogens (tertiary/aromatic N) is 4. The smallest absolute Gasteiger partial charge is 0.354 e. The second kappa shape index (κ2) is 15.0. The number of nitrogens with two attached hydrogens (primary N) is 3. The van der Waals surface area contributed by atoms with E-state index in [1.165, 1.54) is 33.6 Å². The van der Waals surface area contributed by atoms with Crippen molar-refractivity contribution in [2.45, 2.75) is 20.8 Å². The van der Waals surface area contributed by atoms with Gasteiger partial charge in [-0.1, -0.05) is 32.1 Å². The third kappa shape index (κ3) is 10.5. The third-order valence-electron chi connectivity index (χ3n) is 4.49. The molecule has 0 aromatic carbocycles. The van der Waals surface area contributed by atoms with Gasteiger partial charge in [0.25, 0.3) is 5.91 Å². The molecule has 1 amide bonds. The maximum atomic E-state index is 12.1. The number of allylic oxidation sites excluding steroid dienone is 2. The molecular weight excluding hydrogens is 534 g/mol. The molecule has 2 rings (SSSR count). The Balaban J connectivity index is 0.000000887. The molecule has 2 aromatic rings. The van der Waals surface area contributed by atoms with Crippen LogP contribution < -0.4 is 16.0 Å². The molecule has 0 fully saturated rings. The van der Waals surface area contributed by atoms with Gasteiger partial charge in [-0.05, 0) is 31.0 Å². The first-order valence-corrected chi connectivity index (χ1v) is 14.4. The van der Waals surface area contributed by atoms with E-state index in [1.54, 1.807) is 26.4 Å². The molecule has 13 nitrogen and oxygen atoms in total. The fourth-order valence-electron chi connectivity index (χ4n) is 2.57. The van der Waals surface area contributed by atoms with Crippen LogP contribution in [-0.2, 0) is 20.1 Å². The van der Waals surface area contributed by atoms with Crippen molar-refractivity contribution in [1.82, 2.24) is 18.2 Å². The predicted octanol–water partition coefficient (Wildman–Crippen LogP) is 0.870. The fourth-order valence-corrected chi connectivity index (χ4v) is 3.50. The molecule has 38 heavy (non-hydrogen) atoms. The van der Waals surface area contributed by atoms with Crippen LogP contribution in [0.2, 0.25) is 0 Å². The number of aromatic carboxylic acids is 1. The minimum Gasteiger partial charge on any atom is -0.477 e. The number of hydrogen-bond acceptors (Lipinski definition) is 7. The van der Waals surface area contributed by atoms with E-state index >= 15 is 0 Å². The zero-order valence-electron chi connectivity index (χ0n) is 22.2. The molecule has 7 N–H and O–H groups in total. The second-order valence-corrected chi connectivity index (χ2v) is 10.9. The summed E-state index contributed by atoms with van der Waals surface area (Å²) in [6, 6.07) is 4.20. The highest BCUT2D eigenvalue weighted by atomic mass is 32.2. The summed E-state index contributed by atoms with van der Waals surface area (Å²) < 4.78 is 35.8. The zero-order valence-corrected chi connectivity index (χ0v) is 23.8. The van der Waals surface area contributed by atoms with Gasteiger partial charge in [0.05, 0.1) is 0 Å². The number of rotatable bonds is 9. The van der Waals surface area contributed by atoms with E-state index in [2.05, 4.69) is 17.4 Å². The summed E-state index contributed by atoms with van der Waals surface area (Å²) in [5.41, 5.74) is 6.36. The number of amides is 1. The molecule has 1 atom stereocenters. The second-order valence-electron chi connectivity index (χ2n) is 7.57. The number of hydrogen-bond donors (Lipinski definition) is 4. The first-order chi connectivity index (χ1) is 17.5. The lowest BCUT2D eigenvalue weighted by atomic mass is 10.1. The normalized spacial score (nSPS) is 12.3. The fraction of sp³-hybridized carbons (Fsp3) is 0.304. The van der Waals surface area contributed by atoms with Crippen molar-refractivity contribution in [3.8, 4) is 11.1 Å². The van der Waals surface area contributed by atoms with Crippen LogP contribution in [0, 0.1) is 0 Å². The van der Waals surface area contributed by atoms with E-state index < -0.39 is 31.8 Å². The molecular formula is C23H37N7O6S2. The van der Waals surface area contributed by atoms with Gasteiger partial charge in [0.1, 0.15) is 15.6 Å². The van der Waals surface area contributed by atoms with Crippen molar-refractivity contribution in [3.05, 3.63) is 66.4 Å². The van der Waals surface area contributed by atoms with Gasteiger partial charge in [0, 0.05) is 56.9 Å². The first kappa shape index (κ1) is 34.5. The highest BCUT2D eigenvalue weighted by Crippen LogP contribution is 2.25. The molecule has 0 saturated carbocycles. The minimum atomic E-state index is -4.26. The lowest BCUT2D eigenvalue weighted by Gasteiger charge is -2.15. The first-order valence-electron chi connectivity index (χ1n) is 11.1. The Kier molecular flexibility index (Phi) is 13.7. The van der Waals surface area contributed by atoms with Gasteiger partial charge in [-0.25, -0.2) is 23.3 Å². The SMILES string of the molecule is C=C(C)/C=C\N(C)S(=C)(N)=O.CC.CN(CCN)C(=O)c1ccc(-c2ccn(S(N)(=O)=O)c2C(=O)O)cn1.